The summed E-state index contributed by atoms with van der Waals surface area (Å²) >= 11 is 2.99. The van der Waals surface area contributed by atoms with E-state index in [0.717, 1.165) is 11.4 Å². The zero-order valence-electron chi connectivity index (χ0n) is 12.8. The minimum absolute atomic E-state index is 0.0101. The monoisotopic (exact) mass is 349 g/mol. The molecule has 0 radical (unpaired) electrons. The fourth-order valence-corrected chi connectivity index (χ4v) is 4.01. The number of benzene rings is 1. The highest BCUT2D eigenvalue weighted by atomic mass is 32.2. The zero-order valence-corrected chi connectivity index (χ0v) is 14.5. The van der Waals surface area contributed by atoms with E-state index in [4.69, 9.17) is 0 Å². The quantitative estimate of drug-likeness (QED) is 0.702. The molecule has 0 amide bonds. The van der Waals surface area contributed by atoms with Gasteiger partial charge < -0.3 is 0 Å². The SMILES string of the molecule is CCc1nn2c(=O)cc(CSC(C)c3ccccc3F)nc2s1. The molecule has 1 atom stereocenters. The van der Waals surface area contributed by atoms with Gasteiger partial charge in [0.1, 0.15) is 10.8 Å². The summed E-state index contributed by atoms with van der Waals surface area (Å²) in [5, 5.41) is 5.11. The molecule has 0 saturated heterocycles. The lowest BCUT2D eigenvalue weighted by atomic mass is 10.1. The van der Waals surface area contributed by atoms with Crippen molar-refractivity contribution in [2.24, 2.45) is 0 Å². The third kappa shape index (κ3) is 3.45. The maximum Gasteiger partial charge on any atom is 0.275 e. The van der Waals surface area contributed by atoms with Gasteiger partial charge in [0, 0.05) is 22.6 Å². The van der Waals surface area contributed by atoms with Crippen LogP contribution in [0.1, 0.15) is 35.4 Å². The number of halogens is 1. The van der Waals surface area contributed by atoms with Crippen LogP contribution in [-0.2, 0) is 12.2 Å². The predicted molar refractivity (Wildman–Crippen MR) is 92.6 cm³/mol. The molecule has 4 nitrogen and oxygen atoms in total. The number of fused-ring (bicyclic) bond motifs is 1. The number of nitrogens with zero attached hydrogens (tertiary/aromatic N) is 3. The van der Waals surface area contributed by atoms with E-state index in [-0.39, 0.29) is 16.6 Å². The summed E-state index contributed by atoms with van der Waals surface area (Å²) < 4.78 is 15.1. The van der Waals surface area contributed by atoms with Gasteiger partial charge in [-0.25, -0.2) is 9.37 Å². The molecule has 0 aliphatic carbocycles. The predicted octanol–water partition coefficient (Wildman–Crippen LogP) is 3.85. The van der Waals surface area contributed by atoms with Gasteiger partial charge in [0.2, 0.25) is 4.96 Å². The van der Waals surface area contributed by atoms with Gasteiger partial charge in [-0.15, -0.1) is 11.8 Å². The molecule has 2 heterocycles. The van der Waals surface area contributed by atoms with Crippen molar-refractivity contribution >= 4 is 28.1 Å². The molecule has 0 fully saturated rings. The summed E-state index contributed by atoms with van der Waals surface area (Å²) in [5.74, 6) is 0.353. The average molecular weight is 349 g/mol. The molecule has 7 heteroatoms. The summed E-state index contributed by atoms with van der Waals surface area (Å²) in [7, 11) is 0. The number of hydrogen-bond donors (Lipinski definition) is 0. The van der Waals surface area contributed by atoms with Crippen LogP contribution in [0.5, 0.6) is 0 Å². The highest BCUT2D eigenvalue weighted by molar-refractivity contribution is 7.98. The Morgan fingerprint density at radius 3 is 2.91 bits per heavy atom. The molecule has 2 aromatic heterocycles. The molecule has 0 aliphatic heterocycles. The van der Waals surface area contributed by atoms with Gasteiger partial charge in [0.15, 0.2) is 0 Å². The van der Waals surface area contributed by atoms with E-state index in [1.807, 2.05) is 19.9 Å². The van der Waals surface area contributed by atoms with Gasteiger partial charge in [-0.3, -0.25) is 4.79 Å². The minimum Gasteiger partial charge on any atom is -0.267 e. The van der Waals surface area contributed by atoms with Crippen LogP contribution in [0.4, 0.5) is 4.39 Å². The van der Waals surface area contributed by atoms with E-state index in [1.165, 1.54) is 28.0 Å². The minimum atomic E-state index is -0.203. The molecule has 1 aromatic carbocycles. The molecule has 1 unspecified atom stereocenters. The van der Waals surface area contributed by atoms with Crippen LogP contribution in [0, 0.1) is 5.82 Å². The Morgan fingerprint density at radius 1 is 1.39 bits per heavy atom. The van der Waals surface area contributed by atoms with Crippen molar-refractivity contribution in [3.63, 3.8) is 0 Å². The van der Waals surface area contributed by atoms with Crippen LogP contribution >= 0.6 is 23.1 Å². The Kier molecular flexibility index (Phi) is 4.77. The molecule has 0 saturated carbocycles. The van der Waals surface area contributed by atoms with Crippen molar-refractivity contribution in [1.82, 2.24) is 14.6 Å². The van der Waals surface area contributed by atoms with Crippen molar-refractivity contribution in [1.29, 1.82) is 0 Å². The van der Waals surface area contributed by atoms with E-state index < -0.39 is 0 Å². The van der Waals surface area contributed by atoms with E-state index in [2.05, 4.69) is 10.1 Å². The lowest BCUT2D eigenvalue weighted by Crippen LogP contribution is -2.15. The normalized spacial score (nSPS) is 12.7. The van der Waals surface area contributed by atoms with Crippen molar-refractivity contribution in [2.45, 2.75) is 31.3 Å². The molecule has 0 bridgehead atoms. The van der Waals surface area contributed by atoms with Gasteiger partial charge in [-0.1, -0.05) is 36.5 Å². The lowest BCUT2D eigenvalue weighted by molar-refractivity contribution is 0.611. The van der Waals surface area contributed by atoms with Gasteiger partial charge in [0.05, 0.1) is 5.69 Å². The first kappa shape index (κ1) is 16.1. The largest absolute Gasteiger partial charge is 0.275 e. The van der Waals surface area contributed by atoms with Gasteiger partial charge in [0.25, 0.3) is 5.56 Å². The van der Waals surface area contributed by atoms with Crippen LogP contribution in [0.15, 0.2) is 35.1 Å². The molecule has 0 aliphatic rings. The summed E-state index contributed by atoms with van der Waals surface area (Å²) in [4.78, 5) is 17.2. The summed E-state index contributed by atoms with van der Waals surface area (Å²) in [6.07, 6.45) is 0.780. The lowest BCUT2D eigenvalue weighted by Gasteiger charge is -2.12. The number of rotatable bonds is 5. The van der Waals surface area contributed by atoms with Crippen LogP contribution in [0.2, 0.25) is 0 Å². The van der Waals surface area contributed by atoms with E-state index >= 15 is 0 Å². The van der Waals surface area contributed by atoms with Crippen molar-refractivity contribution in [2.75, 3.05) is 0 Å². The zero-order chi connectivity index (χ0) is 16.4. The molecule has 3 rings (SSSR count). The van der Waals surface area contributed by atoms with E-state index in [0.29, 0.717) is 22.0 Å². The first-order chi connectivity index (χ1) is 11.1. The number of hydrogen-bond acceptors (Lipinski definition) is 5. The van der Waals surface area contributed by atoms with Crippen LogP contribution in [0.25, 0.3) is 4.96 Å². The summed E-state index contributed by atoms with van der Waals surface area (Å²) in [5.41, 5.74) is 1.20. The summed E-state index contributed by atoms with van der Waals surface area (Å²) in [6, 6.07) is 8.27. The first-order valence-electron chi connectivity index (χ1n) is 7.33. The van der Waals surface area contributed by atoms with Crippen LogP contribution < -0.4 is 5.56 Å². The molecule has 120 valence electrons. The number of thioether (sulfide) groups is 1. The number of aromatic nitrogens is 3. The fourth-order valence-electron chi connectivity index (χ4n) is 2.22. The second kappa shape index (κ2) is 6.80. The fraction of sp³-hybridized carbons (Fsp3) is 0.312. The molecular formula is C16H16FN3OS2. The molecule has 0 spiro atoms. The topological polar surface area (TPSA) is 47.3 Å². The Morgan fingerprint density at radius 2 is 2.17 bits per heavy atom. The van der Waals surface area contributed by atoms with Gasteiger partial charge in [-0.2, -0.15) is 9.61 Å². The second-order valence-corrected chi connectivity index (χ2v) is 7.47. The second-order valence-electron chi connectivity index (χ2n) is 5.10. The Bertz CT molecular complexity index is 890. The molecular weight excluding hydrogens is 333 g/mol. The van der Waals surface area contributed by atoms with Crippen molar-refractivity contribution in [3.8, 4) is 0 Å². The third-order valence-electron chi connectivity index (χ3n) is 3.47. The molecule has 23 heavy (non-hydrogen) atoms. The Hall–Kier alpha value is -1.73. The number of aryl methyl sites for hydroxylation is 1. The Balaban J connectivity index is 1.79. The van der Waals surface area contributed by atoms with Crippen LogP contribution in [-0.4, -0.2) is 14.6 Å². The molecule has 3 aromatic rings. The van der Waals surface area contributed by atoms with Gasteiger partial charge >= 0.3 is 0 Å². The van der Waals surface area contributed by atoms with Gasteiger partial charge in [-0.05, 0) is 19.4 Å². The smallest absolute Gasteiger partial charge is 0.267 e. The van der Waals surface area contributed by atoms with Crippen LogP contribution in [0.3, 0.4) is 0 Å². The maximum absolute atomic E-state index is 13.8. The van der Waals surface area contributed by atoms with E-state index in [9.17, 15) is 9.18 Å². The maximum atomic E-state index is 13.8. The Labute approximate surface area is 141 Å². The van der Waals surface area contributed by atoms with E-state index in [1.54, 1.807) is 23.9 Å². The third-order valence-corrected chi connectivity index (χ3v) is 5.74. The van der Waals surface area contributed by atoms with Crippen molar-refractivity contribution in [3.05, 3.63) is 62.8 Å². The highest BCUT2D eigenvalue weighted by Gasteiger charge is 2.13. The molecule has 0 N–H and O–H groups in total. The highest BCUT2D eigenvalue weighted by Crippen LogP contribution is 2.32. The average Bonchev–Trinajstić information content (AvgIpc) is 2.97. The first-order valence-corrected chi connectivity index (χ1v) is 9.19. The van der Waals surface area contributed by atoms with Crippen molar-refractivity contribution < 1.29 is 4.39 Å². The standard InChI is InChI=1S/C16H16FN3OS2/c1-3-14-19-20-15(21)8-11(18-16(20)23-14)9-22-10(2)12-6-4-5-7-13(12)17/h4-8,10H,3,9H2,1-2H3. The summed E-state index contributed by atoms with van der Waals surface area (Å²) in [6.45, 7) is 3.95.